The van der Waals surface area contributed by atoms with Crippen molar-refractivity contribution >= 4 is 57.3 Å². The summed E-state index contributed by atoms with van der Waals surface area (Å²) in [6.07, 6.45) is 0. The van der Waals surface area contributed by atoms with Gasteiger partial charge in [-0.2, -0.15) is 0 Å². The summed E-state index contributed by atoms with van der Waals surface area (Å²) in [5.74, 6) is -1.11. The first-order valence-corrected chi connectivity index (χ1v) is 39.4. The molecule has 0 unspecified atom stereocenters. The lowest BCUT2D eigenvalue weighted by Gasteiger charge is -2.19. The number of ether oxygens (including phenoxy) is 6. The number of phenols is 7. The maximum atomic E-state index is 13.4. The smallest absolute Gasteiger partial charge is 0.256 e. The minimum Gasteiger partial charge on any atom is -0.506 e. The molecule has 14 aromatic rings. The number of rotatable bonds is 25. The predicted octanol–water partition coefficient (Wildman–Crippen LogP) is 21.7. The van der Waals surface area contributed by atoms with Crippen molar-refractivity contribution in [2.45, 2.75) is 88.1 Å². The van der Waals surface area contributed by atoms with Gasteiger partial charge in [-0.3, -0.25) is 19.2 Å². The van der Waals surface area contributed by atoms with Gasteiger partial charge in [0.15, 0.2) is 40.2 Å². The predicted molar refractivity (Wildman–Crippen MR) is 479 cm³/mol. The zero-order valence-corrected chi connectivity index (χ0v) is 69.5. The fourth-order valence-electron chi connectivity index (χ4n) is 11.9. The summed E-state index contributed by atoms with van der Waals surface area (Å²) in [6.45, 7) is 15.1. The second-order valence-electron chi connectivity index (χ2n) is 28.6. The van der Waals surface area contributed by atoms with Crippen molar-refractivity contribution in [1.82, 2.24) is 0 Å². The first kappa shape index (κ1) is 90.0. The van der Waals surface area contributed by atoms with Crippen molar-refractivity contribution < 1.29 is 83.3 Å². The van der Waals surface area contributed by atoms with E-state index < -0.39 is 35.0 Å². The number of anilines is 4. The first-order chi connectivity index (χ1) is 59.2. The van der Waals surface area contributed by atoms with Gasteiger partial charge in [0.2, 0.25) is 11.5 Å². The normalized spacial score (nSPS) is 10.4. The Balaban J connectivity index is 0.000000179. The Morgan fingerprint density at radius 2 is 0.528 bits per heavy atom. The second-order valence-corrected chi connectivity index (χ2v) is 29.0. The van der Waals surface area contributed by atoms with Crippen LogP contribution in [-0.2, 0) is 39.6 Å². The van der Waals surface area contributed by atoms with E-state index in [0.29, 0.717) is 68.2 Å². The van der Waals surface area contributed by atoms with Crippen LogP contribution in [0.25, 0.3) is 0 Å². The van der Waals surface area contributed by atoms with Gasteiger partial charge in [-0.25, -0.2) is 0 Å². The molecule has 22 heteroatoms. The SMILES string of the molecule is Cc1cc(C(=O)Cl)cc(C)c1C.Cc1ccc(O)c(N)c1.Cc1ccc(O)c(NC(=O)c2cc(O)c(O)c(O)c2)c1.Cc1ccc(O)c(NC(=O)c2cc(OCc3ccccc3)c(OCc3ccccc3)c(OCc3ccccc3)c2)c1.Cc1ccc(O)c(NC(=O)c2cc(OCc3ccccc3)c(OCc3ccccc3)c(OCc3ccccc3)c2)c1. The number of carbonyl (C=O) groups excluding carboxylic acids is 4. The number of aryl methyl sites for hydroxylation is 6. The number of hydrogen-bond donors (Lipinski definition) is 11. The molecule has 0 heterocycles. The minimum atomic E-state index is -0.694. The average Bonchev–Trinajstić information content (AvgIpc) is 0.805. The van der Waals surface area contributed by atoms with Crippen LogP contribution in [0.4, 0.5) is 22.7 Å². The van der Waals surface area contributed by atoms with Gasteiger partial charge in [-0.05, 0) is 229 Å². The number of nitrogens with one attached hydrogen (secondary N) is 3. The van der Waals surface area contributed by atoms with Crippen LogP contribution in [0.5, 0.6) is 74.7 Å². The van der Waals surface area contributed by atoms with Crippen molar-refractivity contribution in [1.29, 1.82) is 0 Å². The number of halogens is 1. The number of nitrogens with two attached hydrogens (primary N) is 1. The lowest BCUT2D eigenvalue weighted by atomic mass is 10.0. The van der Waals surface area contributed by atoms with Gasteiger partial charge < -0.3 is 85.9 Å². The van der Waals surface area contributed by atoms with Gasteiger partial charge in [0.25, 0.3) is 23.0 Å². The van der Waals surface area contributed by atoms with E-state index in [1.165, 1.54) is 11.6 Å². The van der Waals surface area contributed by atoms with Crippen LogP contribution in [0.2, 0.25) is 0 Å². The number of benzene rings is 14. The second kappa shape index (κ2) is 44.4. The van der Waals surface area contributed by atoms with Crippen molar-refractivity contribution in [2.24, 2.45) is 0 Å². The molecule has 0 radical (unpaired) electrons. The molecule has 0 fully saturated rings. The molecule has 14 aromatic carbocycles. The number of aromatic hydroxyl groups is 7. The summed E-state index contributed by atoms with van der Waals surface area (Å²) >= 11 is 5.36. The third kappa shape index (κ3) is 27.4. The van der Waals surface area contributed by atoms with Gasteiger partial charge in [0.1, 0.15) is 62.6 Å². The lowest BCUT2D eigenvalue weighted by Crippen LogP contribution is -2.13. The molecular weight excluding hydrogens is 1580 g/mol. The summed E-state index contributed by atoms with van der Waals surface area (Å²) in [5, 5.41) is 74.7. The largest absolute Gasteiger partial charge is 0.506 e. The zero-order valence-electron chi connectivity index (χ0n) is 68.8. The summed E-state index contributed by atoms with van der Waals surface area (Å²) in [6, 6.07) is 90.8. The quantitative estimate of drug-likeness (QED) is 0.0144. The van der Waals surface area contributed by atoms with Gasteiger partial charge in [0, 0.05) is 22.3 Å². The van der Waals surface area contributed by atoms with Crippen LogP contribution < -0.4 is 50.1 Å². The summed E-state index contributed by atoms with van der Waals surface area (Å²) in [4.78, 5) is 49.7. The first-order valence-electron chi connectivity index (χ1n) is 39.0. The van der Waals surface area contributed by atoms with E-state index in [4.69, 9.17) is 50.9 Å². The maximum absolute atomic E-state index is 13.4. The highest BCUT2D eigenvalue weighted by molar-refractivity contribution is 6.67. The molecule has 0 aliphatic carbocycles. The van der Waals surface area contributed by atoms with E-state index in [2.05, 4.69) is 16.0 Å². The Hall–Kier alpha value is -15.4. The van der Waals surface area contributed by atoms with Gasteiger partial charge in [0.05, 0.1) is 22.7 Å². The Bertz CT molecular complexity index is 5490. The molecule has 123 heavy (non-hydrogen) atoms. The highest BCUT2D eigenvalue weighted by atomic mass is 35.5. The van der Waals surface area contributed by atoms with E-state index >= 15 is 0 Å². The van der Waals surface area contributed by atoms with E-state index in [1.807, 2.05) is 242 Å². The highest BCUT2D eigenvalue weighted by Gasteiger charge is 2.24. The molecule has 14 rings (SSSR count). The molecule has 0 saturated carbocycles. The van der Waals surface area contributed by atoms with Crippen LogP contribution in [-0.4, -0.2) is 58.7 Å². The zero-order chi connectivity index (χ0) is 87.9. The van der Waals surface area contributed by atoms with Crippen LogP contribution in [0.3, 0.4) is 0 Å². The van der Waals surface area contributed by atoms with Crippen molar-refractivity contribution in [3.63, 3.8) is 0 Å². The monoisotopic (exact) mass is 1670 g/mol. The minimum absolute atomic E-state index is 0.0205. The molecule has 0 bridgehead atoms. The van der Waals surface area contributed by atoms with Crippen molar-refractivity contribution in [2.75, 3.05) is 21.7 Å². The molecular formula is C101H95ClN4O17. The standard InChI is InChI=1S/2C35H31NO5.C14H13NO5.C10H11ClO.C7H9NO/c2*1-25-17-18-31(37)30(19-25)36-35(38)29-20-32(39-22-26-11-5-2-6-12-26)34(41-24-28-15-9-4-10-16-28)33(21-29)40-23-27-13-7-3-8-14-27;1-7-2-3-10(16)9(4-7)15-14(20)8-5-11(17)13(19)12(18)6-8;1-6-4-9(10(11)12)5-7(2)8(6)3;1-5-2-3-7(9)6(8)4-5/h2*2-21,37H,22-24H2,1H3,(H,36,38);2-6,16-19H,1H3,(H,15,20);4-5H,1-3H3;2-4,9H,8H2,1H3. The van der Waals surface area contributed by atoms with E-state index in [0.717, 1.165) is 78.9 Å². The van der Waals surface area contributed by atoms with Crippen molar-refractivity contribution in [3.8, 4) is 74.7 Å². The molecule has 628 valence electrons. The van der Waals surface area contributed by atoms with Crippen molar-refractivity contribution in [3.05, 3.63) is 398 Å². The summed E-state index contributed by atoms with van der Waals surface area (Å²) < 4.78 is 37.6. The highest BCUT2D eigenvalue weighted by Crippen LogP contribution is 2.44. The number of carbonyl (C=O) groups is 4. The van der Waals surface area contributed by atoms with Gasteiger partial charge >= 0.3 is 0 Å². The molecule has 0 saturated heterocycles. The Morgan fingerprint density at radius 1 is 0.285 bits per heavy atom. The van der Waals surface area contributed by atoms with E-state index in [9.17, 15) is 49.8 Å². The lowest BCUT2D eigenvalue weighted by molar-refractivity contribution is 0.101. The topological polar surface area (TPSA) is 327 Å². The fourth-order valence-corrected chi connectivity index (χ4v) is 12.0. The number of hydrogen-bond acceptors (Lipinski definition) is 18. The number of amides is 3. The molecule has 0 spiro atoms. The third-order valence-corrected chi connectivity index (χ3v) is 19.1. The molecule has 0 aliphatic rings. The molecule has 3 amide bonds. The molecule has 0 aliphatic heterocycles. The summed E-state index contributed by atoms with van der Waals surface area (Å²) in [7, 11) is 0. The van der Waals surface area contributed by atoms with Gasteiger partial charge in [-0.1, -0.05) is 206 Å². The summed E-state index contributed by atoms with van der Waals surface area (Å²) in [5.41, 5.74) is 20.7. The number of nitrogen functional groups attached to an aromatic ring is 1. The molecule has 12 N–H and O–H groups in total. The average molecular weight is 1670 g/mol. The van der Waals surface area contributed by atoms with Crippen LogP contribution in [0.15, 0.2) is 303 Å². The van der Waals surface area contributed by atoms with E-state index in [-0.39, 0.29) is 79.1 Å². The Labute approximate surface area is 719 Å². The van der Waals surface area contributed by atoms with Gasteiger partial charge in [-0.15, -0.1) is 0 Å². The fraction of sp³-hybridized carbons (Fsp3) is 0.129. The van der Waals surface area contributed by atoms with Crippen LogP contribution in [0, 0.1) is 48.5 Å². The molecule has 0 atom stereocenters. The maximum Gasteiger partial charge on any atom is 0.256 e. The number of phenolic OH excluding ortho intramolecular Hbond substituents is 7. The Kier molecular flexibility index (Phi) is 32.5. The molecule has 21 nitrogen and oxygen atoms in total. The Morgan fingerprint density at radius 3 is 0.780 bits per heavy atom. The van der Waals surface area contributed by atoms with E-state index in [1.54, 1.807) is 91.9 Å². The van der Waals surface area contributed by atoms with Crippen LogP contribution in [0.1, 0.15) is 114 Å². The third-order valence-electron chi connectivity index (χ3n) is 18.8. The van der Waals surface area contributed by atoms with Crippen LogP contribution >= 0.6 is 11.6 Å². The molecule has 0 aromatic heterocycles.